The van der Waals surface area contributed by atoms with Gasteiger partial charge in [-0.25, -0.2) is 8.42 Å². The molecule has 0 radical (unpaired) electrons. The van der Waals surface area contributed by atoms with E-state index in [-0.39, 0.29) is 17.5 Å². The van der Waals surface area contributed by atoms with Gasteiger partial charge in [0.1, 0.15) is 5.75 Å². The van der Waals surface area contributed by atoms with E-state index in [1.165, 1.54) is 0 Å². The first-order valence-corrected chi connectivity index (χ1v) is 7.70. The van der Waals surface area contributed by atoms with E-state index in [1.54, 1.807) is 0 Å². The molecule has 0 bridgehead atoms. The number of rotatable bonds is 3. The van der Waals surface area contributed by atoms with Crippen LogP contribution in [0.25, 0.3) is 0 Å². The van der Waals surface area contributed by atoms with Crippen molar-refractivity contribution < 1.29 is 18.0 Å². The smallest absolute Gasteiger partial charge is 0.232 e. The molecule has 1 aromatic rings. The van der Waals surface area contributed by atoms with Crippen LogP contribution >= 0.6 is 0 Å². The average Bonchev–Trinajstić information content (AvgIpc) is 2.64. The summed E-state index contributed by atoms with van der Waals surface area (Å²) in [7, 11) is -3.16. The van der Waals surface area contributed by atoms with E-state index in [4.69, 9.17) is 4.52 Å². The maximum Gasteiger partial charge on any atom is 0.232 e. The topological polar surface area (TPSA) is 93.3 Å². The number of hydrogen-bond acceptors (Lipinski definition) is 6. The van der Waals surface area contributed by atoms with Crippen LogP contribution in [0, 0.1) is 0 Å². The highest BCUT2D eigenvalue weighted by atomic mass is 32.2. The third-order valence-corrected chi connectivity index (χ3v) is 3.70. The maximum absolute atomic E-state index is 11.1. The Bertz CT molecular complexity index is 482. The van der Waals surface area contributed by atoms with E-state index in [0.29, 0.717) is 5.89 Å². The Morgan fingerprint density at radius 2 is 2.12 bits per heavy atom. The van der Waals surface area contributed by atoms with Crippen molar-refractivity contribution in [3.8, 4) is 0 Å². The van der Waals surface area contributed by atoms with Crippen LogP contribution in [-0.4, -0.2) is 36.0 Å². The highest BCUT2D eigenvalue weighted by Crippen LogP contribution is 2.32. The van der Waals surface area contributed by atoms with Crippen LogP contribution in [0.3, 0.4) is 0 Å². The Kier molecular flexibility index (Phi) is 3.48. The molecule has 6 nitrogen and oxygen atoms in total. The molecule has 2 rings (SSSR count). The Labute approximate surface area is 99.9 Å². The summed E-state index contributed by atoms with van der Waals surface area (Å²) in [4.78, 5) is 4.05. The zero-order valence-electron chi connectivity index (χ0n) is 9.66. The Balaban J connectivity index is 2.12. The van der Waals surface area contributed by atoms with Gasteiger partial charge in [0.05, 0.1) is 12.0 Å². The van der Waals surface area contributed by atoms with Gasteiger partial charge in [-0.2, -0.15) is 4.98 Å². The van der Waals surface area contributed by atoms with E-state index < -0.39 is 15.9 Å². The highest BCUT2D eigenvalue weighted by molar-refractivity contribution is 7.89. The fraction of sp³-hybridized carbons (Fsp3) is 0.800. The number of aliphatic hydroxyl groups is 1. The van der Waals surface area contributed by atoms with Crippen molar-refractivity contribution in [2.24, 2.45) is 0 Å². The molecule has 1 heterocycles. The lowest BCUT2D eigenvalue weighted by molar-refractivity contribution is 0.0908. The number of aromatic nitrogens is 2. The van der Waals surface area contributed by atoms with Crippen LogP contribution < -0.4 is 0 Å². The molecule has 1 N–H and O–H groups in total. The maximum atomic E-state index is 11.1. The quantitative estimate of drug-likeness (QED) is 0.856. The summed E-state index contributed by atoms with van der Waals surface area (Å²) >= 11 is 0. The monoisotopic (exact) mass is 260 g/mol. The summed E-state index contributed by atoms with van der Waals surface area (Å²) in [6.07, 6.45) is 4.22. The Morgan fingerprint density at radius 3 is 2.76 bits per heavy atom. The van der Waals surface area contributed by atoms with Crippen molar-refractivity contribution in [3.05, 3.63) is 11.7 Å². The third-order valence-electron chi connectivity index (χ3n) is 2.92. The second-order valence-corrected chi connectivity index (χ2v) is 6.72. The fourth-order valence-corrected chi connectivity index (χ4v) is 2.70. The van der Waals surface area contributed by atoms with Crippen LogP contribution in [0.4, 0.5) is 0 Å². The second-order valence-electron chi connectivity index (χ2n) is 4.58. The Hall–Kier alpha value is -0.950. The number of sulfone groups is 1. The molecule has 1 aliphatic rings. The van der Waals surface area contributed by atoms with Crippen LogP contribution in [0.15, 0.2) is 4.52 Å². The minimum absolute atomic E-state index is 0.149. The summed E-state index contributed by atoms with van der Waals surface area (Å²) in [6, 6.07) is 0. The molecule has 1 aromatic heterocycles. The van der Waals surface area contributed by atoms with Crippen LogP contribution in [0.1, 0.15) is 43.3 Å². The van der Waals surface area contributed by atoms with E-state index in [2.05, 4.69) is 10.1 Å². The van der Waals surface area contributed by atoms with Gasteiger partial charge in [0.25, 0.3) is 0 Å². The third kappa shape index (κ3) is 3.26. The largest absolute Gasteiger partial charge is 0.392 e. The molecule has 17 heavy (non-hydrogen) atoms. The molecular weight excluding hydrogens is 244 g/mol. The van der Waals surface area contributed by atoms with E-state index >= 15 is 0 Å². The molecule has 1 fully saturated rings. The van der Waals surface area contributed by atoms with E-state index in [0.717, 1.165) is 31.9 Å². The molecule has 2 atom stereocenters. The lowest BCUT2D eigenvalue weighted by atomic mass is 9.86. The molecule has 96 valence electrons. The first kappa shape index (κ1) is 12.5. The van der Waals surface area contributed by atoms with Crippen LogP contribution in [0.2, 0.25) is 0 Å². The summed E-state index contributed by atoms with van der Waals surface area (Å²) in [5, 5.41) is 13.5. The molecule has 0 spiro atoms. The minimum atomic E-state index is -3.16. The van der Waals surface area contributed by atoms with Gasteiger partial charge in [-0.1, -0.05) is 18.0 Å². The van der Waals surface area contributed by atoms with Crippen molar-refractivity contribution in [2.45, 2.75) is 43.5 Å². The fourth-order valence-electron chi connectivity index (χ4n) is 2.11. The number of hydrogen-bond donors (Lipinski definition) is 1. The molecular formula is C10H16N2O4S. The first-order chi connectivity index (χ1) is 7.96. The molecule has 0 aliphatic heterocycles. The summed E-state index contributed by atoms with van der Waals surface area (Å²) in [5.41, 5.74) is 0. The predicted molar refractivity (Wildman–Crippen MR) is 60.1 cm³/mol. The van der Waals surface area contributed by atoms with Crippen LogP contribution in [0.5, 0.6) is 0 Å². The van der Waals surface area contributed by atoms with Gasteiger partial charge >= 0.3 is 0 Å². The van der Waals surface area contributed by atoms with Crippen molar-refractivity contribution in [3.63, 3.8) is 0 Å². The van der Waals surface area contributed by atoms with Crippen LogP contribution in [-0.2, 0) is 15.6 Å². The second kappa shape index (κ2) is 4.73. The number of aliphatic hydroxyl groups excluding tert-OH is 1. The normalized spacial score (nSPS) is 26.0. The lowest BCUT2D eigenvalue weighted by Crippen LogP contribution is -2.22. The molecule has 0 aromatic carbocycles. The van der Waals surface area contributed by atoms with Gasteiger partial charge in [0, 0.05) is 6.26 Å². The summed E-state index contributed by atoms with van der Waals surface area (Å²) in [6.45, 7) is 0. The zero-order valence-corrected chi connectivity index (χ0v) is 10.5. The van der Waals surface area contributed by atoms with Gasteiger partial charge in [-0.3, -0.25) is 0 Å². The highest BCUT2D eigenvalue weighted by Gasteiger charge is 2.29. The standard InChI is InChI=1S/C10H16N2O4S/c1-17(14,15)6-9-11-10(16-12-9)7-4-2-3-5-8(7)13/h7-8,13H,2-6H2,1H3. The van der Waals surface area contributed by atoms with Crippen molar-refractivity contribution >= 4 is 9.84 Å². The van der Waals surface area contributed by atoms with Gasteiger partial charge < -0.3 is 9.63 Å². The molecule has 0 amide bonds. The van der Waals surface area contributed by atoms with Crippen molar-refractivity contribution in [1.82, 2.24) is 10.1 Å². The van der Waals surface area contributed by atoms with Gasteiger partial charge in [0.2, 0.25) is 5.89 Å². The van der Waals surface area contributed by atoms with E-state index in [9.17, 15) is 13.5 Å². The number of nitrogens with zero attached hydrogens (tertiary/aromatic N) is 2. The van der Waals surface area contributed by atoms with E-state index in [1.807, 2.05) is 0 Å². The Morgan fingerprint density at radius 1 is 1.41 bits per heavy atom. The van der Waals surface area contributed by atoms with Gasteiger partial charge in [-0.15, -0.1) is 0 Å². The molecule has 7 heteroatoms. The summed E-state index contributed by atoms with van der Waals surface area (Å²) in [5.74, 6) is 0.153. The van der Waals surface area contributed by atoms with Gasteiger partial charge in [0.15, 0.2) is 15.7 Å². The van der Waals surface area contributed by atoms with Crippen molar-refractivity contribution in [2.75, 3.05) is 6.26 Å². The zero-order chi connectivity index (χ0) is 12.5. The average molecular weight is 260 g/mol. The predicted octanol–water partition coefficient (Wildman–Crippen LogP) is 0.633. The summed E-state index contributed by atoms with van der Waals surface area (Å²) < 4.78 is 27.2. The molecule has 0 saturated heterocycles. The molecule has 1 saturated carbocycles. The minimum Gasteiger partial charge on any atom is -0.392 e. The van der Waals surface area contributed by atoms with Crippen molar-refractivity contribution in [1.29, 1.82) is 0 Å². The molecule has 2 unspecified atom stereocenters. The lowest BCUT2D eigenvalue weighted by Gasteiger charge is -2.24. The SMILES string of the molecule is CS(=O)(=O)Cc1noc(C2CCCCC2O)n1. The van der Waals surface area contributed by atoms with Gasteiger partial charge in [-0.05, 0) is 12.8 Å². The first-order valence-electron chi connectivity index (χ1n) is 5.64. The molecule has 1 aliphatic carbocycles.